The molecule has 0 spiro atoms. The van der Waals surface area contributed by atoms with Crippen LogP contribution in [-0.4, -0.2) is 46.8 Å². The summed E-state index contributed by atoms with van der Waals surface area (Å²) >= 11 is 0. The predicted octanol–water partition coefficient (Wildman–Crippen LogP) is 10.7. The minimum absolute atomic E-state index is 0.108. The highest BCUT2D eigenvalue weighted by Crippen LogP contribution is 2.35. The average Bonchev–Trinajstić information content (AvgIpc) is 3.09. The zero-order valence-corrected chi connectivity index (χ0v) is 32.4. The van der Waals surface area contributed by atoms with Gasteiger partial charge in [-0.25, -0.2) is 4.57 Å². The van der Waals surface area contributed by atoms with E-state index in [2.05, 4.69) is 60.9 Å². The van der Waals surface area contributed by atoms with Crippen molar-refractivity contribution < 1.29 is 42.7 Å². The Bertz CT molecular complexity index is 1110. The second kappa shape index (κ2) is 35.6. The molecule has 290 valence electrons. The second-order valence-corrected chi connectivity index (χ2v) is 13.8. The number of ether oxygens (including phenoxy) is 2. The van der Waals surface area contributed by atoms with Crippen LogP contribution in [0.1, 0.15) is 149 Å². The summed E-state index contributed by atoms with van der Waals surface area (Å²) in [5.41, 5.74) is 0. The predicted molar refractivity (Wildman–Crippen MR) is 207 cm³/mol. The summed E-state index contributed by atoms with van der Waals surface area (Å²) in [4.78, 5) is 54.6. The van der Waals surface area contributed by atoms with Gasteiger partial charge in [0.1, 0.15) is 6.61 Å². The Morgan fingerprint density at radius 1 is 0.569 bits per heavy atom. The molecule has 0 radical (unpaired) electrons. The molecule has 10 heteroatoms. The summed E-state index contributed by atoms with van der Waals surface area (Å²) in [6.07, 6.45) is 41.6. The molecule has 0 aliphatic heterocycles. The molecule has 0 fully saturated rings. The van der Waals surface area contributed by atoms with Crippen LogP contribution in [0.5, 0.6) is 0 Å². The first-order chi connectivity index (χ1) is 24.7. The molecule has 0 aliphatic carbocycles. The van der Waals surface area contributed by atoms with Crippen molar-refractivity contribution in [3.63, 3.8) is 0 Å². The standard InChI is InChI=1S/C41H67O9P/c1-3-5-7-9-11-12-13-14-15-16-17-18-19-20-22-26-31-35-41(44)50-39(37-49-51(45,46)47)36-48-40(43)34-30-27-23-25-29-33-38(42)32-28-24-21-10-8-6-4-2/h11-12,14-15,17-18,20-22,24,28,32,39H,3-10,13,16,19,23,25-27,29-31,33-37H2,1-2H3,(H2,45,46,47)/b12-11-,15-14-,18-17-,22-20-,24-21-,32-28+/t39-/m1/s1. The molecule has 0 rings (SSSR count). The number of hydrogen-bond acceptors (Lipinski definition) is 7. The van der Waals surface area contributed by atoms with Crippen molar-refractivity contribution in [2.75, 3.05) is 13.2 Å². The quantitative estimate of drug-likeness (QED) is 0.0165. The number of phosphoric acid groups is 1. The minimum atomic E-state index is -4.80. The van der Waals surface area contributed by atoms with Crippen LogP contribution in [-0.2, 0) is 32.9 Å². The molecule has 0 amide bonds. The number of phosphoric ester groups is 1. The Hall–Kier alpha value is -2.84. The van der Waals surface area contributed by atoms with Crippen LogP contribution in [0.15, 0.2) is 72.9 Å². The maximum atomic E-state index is 12.3. The molecule has 2 N–H and O–H groups in total. The fourth-order valence-electron chi connectivity index (χ4n) is 4.76. The summed E-state index contributed by atoms with van der Waals surface area (Å²) < 4.78 is 26.2. The third kappa shape index (κ3) is 38.2. The summed E-state index contributed by atoms with van der Waals surface area (Å²) in [6, 6.07) is 0. The van der Waals surface area contributed by atoms with Crippen molar-refractivity contribution in [1.82, 2.24) is 0 Å². The lowest BCUT2D eigenvalue weighted by Crippen LogP contribution is -2.29. The Morgan fingerprint density at radius 3 is 1.67 bits per heavy atom. The fraction of sp³-hybridized carbons (Fsp3) is 0.634. The van der Waals surface area contributed by atoms with Gasteiger partial charge in [0.15, 0.2) is 11.9 Å². The van der Waals surface area contributed by atoms with E-state index in [4.69, 9.17) is 19.3 Å². The third-order valence-electron chi connectivity index (χ3n) is 7.67. The van der Waals surface area contributed by atoms with Crippen molar-refractivity contribution in [1.29, 1.82) is 0 Å². The lowest BCUT2D eigenvalue weighted by atomic mass is 10.1. The number of unbranched alkanes of at least 4 members (excludes halogenated alkanes) is 11. The monoisotopic (exact) mass is 734 g/mol. The van der Waals surface area contributed by atoms with Crippen LogP contribution in [0.25, 0.3) is 0 Å². The normalized spacial score (nSPS) is 13.2. The van der Waals surface area contributed by atoms with Crippen LogP contribution < -0.4 is 0 Å². The van der Waals surface area contributed by atoms with Gasteiger partial charge in [-0.05, 0) is 76.7 Å². The van der Waals surface area contributed by atoms with E-state index in [9.17, 15) is 18.9 Å². The maximum Gasteiger partial charge on any atom is 0.469 e. The molecule has 0 saturated carbocycles. The van der Waals surface area contributed by atoms with Crippen LogP contribution in [0.4, 0.5) is 0 Å². The van der Waals surface area contributed by atoms with Gasteiger partial charge >= 0.3 is 19.8 Å². The van der Waals surface area contributed by atoms with Gasteiger partial charge in [-0.15, -0.1) is 0 Å². The highest BCUT2D eigenvalue weighted by atomic mass is 31.2. The molecule has 0 aromatic rings. The fourth-order valence-corrected chi connectivity index (χ4v) is 5.12. The van der Waals surface area contributed by atoms with E-state index in [1.807, 2.05) is 18.2 Å². The summed E-state index contributed by atoms with van der Waals surface area (Å²) in [5, 5.41) is 0. The van der Waals surface area contributed by atoms with E-state index in [1.165, 1.54) is 38.5 Å². The van der Waals surface area contributed by atoms with Crippen molar-refractivity contribution in [2.24, 2.45) is 0 Å². The molecule has 0 unspecified atom stereocenters. The molecule has 0 aliphatic rings. The molecule has 51 heavy (non-hydrogen) atoms. The topological polar surface area (TPSA) is 136 Å². The average molecular weight is 735 g/mol. The van der Waals surface area contributed by atoms with Gasteiger partial charge < -0.3 is 19.3 Å². The molecule has 9 nitrogen and oxygen atoms in total. The SMILES string of the molecule is CCCCC/C=C\C=C\C(=O)CCCCCCCC(=O)OC[C@H](COP(=O)(O)O)OC(=O)CCC/C=C\C/C=C\C/C=C\C/C=C\CCCCC. The minimum Gasteiger partial charge on any atom is -0.462 e. The van der Waals surface area contributed by atoms with E-state index in [0.717, 1.165) is 57.8 Å². The number of hydrogen-bond donors (Lipinski definition) is 2. The van der Waals surface area contributed by atoms with Gasteiger partial charge in [0.2, 0.25) is 0 Å². The van der Waals surface area contributed by atoms with Crippen molar-refractivity contribution in [3.05, 3.63) is 72.9 Å². The van der Waals surface area contributed by atoms with Crippen LogP contribution >= 0.6 is 7.82 Å². The summed E-state index contributed by atoms with van der Waals surface area (Å²) in [5.74, 6) is -0.939. The van der Waals surface area contributed by atoms with Gasteiger partial charge in [-0.1, -0.05) is 126 Å². The largest absolute Gasteiger partial charge is 0.469 e. The van der Waals surface area contributed by atoms with Crippen molar-refractivity contribution in [3.8, 4) is 0 Å². The maximum absolute atomic E-state index is 12.3. The number of allylic oxidation sites excluding steroid dienone is 12. The van der Waals surface area contributed by atoms with Crippen LogP contribution in [0, 0.1) is 0 Å². The first kappa shape index (κ1) is 48.2. The first-order valence-corrected chi connectivity index (χ1v) is 20.7. The molecular formula is C41H67O9P. The van der Waals surface area contributed by atoms with Gasteiger partial charge in [-0.3, -0.25) is 18.9 Å². The number of carbonyl (C=O) groups is 3. The zero-order chi connectivity index (χ0) is 37.7. The van der Waals surface area contributed by atoms with Crippen LogP contribution in [0.3, 0.4) is 0 Å². The highest BCUT2D eigenvalue weighted by Gasteiger charge is 2.22. The number of esters is 2. The van der Waals surface area contributed by atoms with E-state index in [-0.39, 0.29) is 25.2 Å². The highest BCUT2D eigenvalue weighted by molar-refractivity contribution is 7.46. The molecule has 1 atom stereocenters. The van der Waals surface area contributed by atoms with Gasteiger partial charge in [0, 0.05) is 19.3 Å². The summed E-state index contributed by atoms with van der Waals surface area (Å²) in [7, 11) is -4.80. The van der Waals surface area contributed by atoms with Gasteiger partial charge in [-0.2, -0.15) is 0 Å². The molecule has 0 saturated heterocycles. The van der Waals surface area contributed by atoms with Crippen molar-refractivity contribution in [2.45, 2.75) is 155 Å². The number of ketones is 1. The smallest absolute Gasteiger partial charge is 0.462 e. The van der Waals surface area contributed by atoms with E-state index >= 15 is 0 Å². The van der Waals surface area contributed by atoms with E-state index in [0.29, 0.717) is 25.7 Å². The lowest BCUT2D eigenvalue weighted by molar-refractivity contribution is -0.161. The Kier molecular flexibility index (Phi) is 33.6. The summed E-state index contributed by atoms with van der Waals surface area (Å²) in [6.45, 7) is 3.44. The van der Waals surface area contributed by atoms with Crippen LogP contribution in [0.2, 0.25) is 0 Å². The first-order valence-electron chi connectivity index (χ1n) is 19.2. The van der Waals surface area contributed by atoms with Gasteiger partial charge in [0.25, 0.3) is 0 Å². The van der Waals surface area contributed by atoms with Crippen molar-refractivity contribution >= 4 is 25.5 Å². The lowest BCUT2D eigenvalue weighted by Gasteiger charge is -2.18. The second-order valence-electron chi connectivity index (χ2n) is 12.6. The zero-order valence-electron chi connectivity index (χ0n) is 31.5. The molecule has 0 aromatic carbocycles. The molecular weight excluding hydrogens is 667 g/mol. The van der Waals surface area contributed by atoms with Gasteiger partial charge in [0.05, 0.1) is 6.61 Å². The van der Waals surface area contributed by atoms with E-state index < -0.39 is 32.5 Å². The van der Waals surface area contributed by atoms with E-state index in [1.54, 1.807) is 12.2 Å². The molecule has 0 aromatic heterocycles. The molecule has 0 bridgehead atoms. The molecule has 0 heterocycles. The number of carbonyl (C=O) groups excluding carboxylic acids is 3. The third-order valence-corrected chi connectivity index (χ3v) is 8.16. The number of rotatable bonds is 34. The Labute approximate surface area is 308 Å². The Balaban J connectivity index is 4.17. The Morgan fingerprint density at radius 2 is 1.08 bits per heavy atom.